The van der Waals surface area contributed by atoms with Crippen LogP contribution in [0.15, 0.2) is 78.9 Å². The summed E-state index contributed by atoms with van der Waals surface area (Å²) >= 11 is 6.06. The maximum Gasteiger partial charge on any atom is 0.0952 e. The molecule has 0 aliphatic carbocycles. The highest BCUT2D eigenvalue weighted by atomic mass is 35.5. The molecule has 3 heteroatoms. The molecule has 26 heavy (non-hydrogen) atoms. The van der Waals surface area contributed by atoms with Gasteiger partial charge >= 0.3 is 0 Å². The molecule has 2 N–H and O–H groups in total. The highest BCUT2D eigenvalue weighted by Gasteiger charge is 2.10. The number of rotatable bonds is 8. The molecule has 0 saturated heterocycles. The molecule has 0 saturated carbocycles. The normalized spacial score (nSPS) is 12.1. The fourth-order valence-electron chi connectivity index (χ4n) is 2.94. The fourth-order valence-corrected chi connectivity index (χ4v) is 3.14. The minimum absolute atomic E-state index is 0.147. The van der Waals surface area contributed by atoms with E-state index in [9.17, 15) is 0 Å². The summed E-state index contributed by atoms with van der Waals surface area (Å²) in [7, 11) is 0. The quantitative estimate of drug-likeness (QED) is 0.584. The average Bonchev–Trinajstić information content (AvgIpc) is 2.69. The highest BCUT2D eigenvalue weighted by molar-refractivity contribution is 6.30. The third kappa shape index (κ3) is 5.43. The van der Waals surface area contributed by atoms with Crippen molar-refractivity contribution in [3.05, 3.63) is 106 Å². The lowest BCUT2D eigenvalue weighted by molar-refractivity contribution is 0.0456. The zero-order chi connectivity index (χ0) is 18.2. The van der Waals surface area contributed by atoms with Gasteiger partial charge < -0.3 is 10.5 Å². The van der Waals surface area contributed by atoms with E-state index in [1.807, 2.05) is 24.3 Å². The van der Waals surface area contributed by atoms with E-state index in [0.29, 0.717) is 18.2 Å². The summed E-state index contributed by atoms with van der Waals surface area (Å²) < 4.78 is 6.00. The number of aryl methyl sites for hydroxylation is 2. The second-order valence-corrected chi connectivity index (χ2v) is 6.83. The van der Waals surface area contributed by atoms with Crippen LogP contribution in [0.5, 0.6) is 0 Å². The summed E-state index contributed by atoms with van der Waals surface area (Å²) in [5.74, 6) is 0. The monoisotopic (exact) mass is 365 g/mol. The van der Waals surface area contributed by atoms with Crippen LogP contribution in [0.4, 0.5) is 0 Å². The Balaban J connectivity index is 1.53. The maximum atomic E-state index is 6.06. The van der Waals surface area contributed by atoms with Gasteiger partial charge in [-0.05, 0) is 47.2 Å². The molecular formula is C23H24ClNO. The van der Waals surface area contributed by atoms with Crippen LogP contribution in [0.3, 0.4) is 0 Å². The van der Waals surface area contributed by atoms with Crippen molar-refractivity contribution in [2.75, 3.05) is 6.54 Å². The van der Waals surface area contributed by atoms with Crippen LogP contribution in [-0.2, 0) is 24.2 Å². The molecule has 0 bridgehead atoms. The zero-order valence-electron chi connectivity index (χ0n) is 14.8. The van der Waals surface area contributed by atoms with Crippen molar-refractivity contribution in [2.45, 2.75) is 25.6 Å². The Morgan fingerprint density at radius 3 is 2.08 bits per heavy atom. The van der Waals surface area contributed by atoms with Crippen LogP contribution >= 0.6 is 11.6 Å². The largest absolute Gasteiger partial charge is 0.368 e. The first kappa shape index (κ1) is 18.7. The van der Waals surface area contributed by atoms with E-state index in [4.69, 9.17) is 22.1 Å². The second kappa shape index (κ2) is 9.54. The van der Waals surface area contributed by atoms with E-state index in [0.717, 1.165) is 24.0 Å². The van der Waals surface area contributed by atoms with Gasteiger partial charge in [-0.3, -0.25) is 0 Å². The van der Waals surface area contributed by atoms with Gasteiger partial charge in [0.05, 0.1) is 12.7 Å². The van der Waals surface area contributed by atoms with Crippen LogP contribution < -0.4 is 5.73 Å². The van der Waals surface area contributed by atoms with Gasteiger partial charge in [0.25, 0.3) is 0 Å². The Bertz CT molecular complexity index is 802. The van der Waals surface area contributed by atoms with E-state index in [2.05, 4.69) is 54.6 Å². The Labute approximate surface area is 160 Å². The summed E-state index contributed by atoms with van der Waals surface area (Å²) in [6.45, 7) is 0.961. The lowest BCUT2D eigenvalue weighted by Crippen LogP contribution is -2.15. The predicted molar refractivity (Wildman–Crippen MR) is 108 cm³/mol. The molecule has 0 fully saturated rings. The van der Waals surface area contributed by atoms with Crippen molar-refractivity contribution in [3.8, 4) is 0 Å². The highest BCUT2D eigenvalue weighted by Crippen LogP contribution is 2.21. The Kier molecular flexibility index (Phi) is 6.84. The van der Waals surface area contributed by atoms with Gasteiger partial charge in [-0.1, -0.05) is 78.3 Å². The van der Waals surface area contributed by atoms with E-state index < -0.39 is 0 Å². The Hall–Kier alpha value is -2.13. The summed E-state index contributed by atoms with van der Waals surface area (Å²) in [4.78, 5) is 0. The molecule has 134 valence electrons. The first-order valence-corrected chi connectivity index (χ1v) is 9.31. The van der Waals surface area contributed by atoms with Crippen LogP contribution in [-0.4, -0.2) is 6.54 Å². The zero-order valence-corrected chi connectivity index (χ0v) is 15.5. The molecule has 3 aromatic carbocycles. The molecule has 0 aliphatic rings. The maximum absolute atomic E-state index is 6.06. The van der Waals surface area contributed by atoms with Gasteiger partial charge in [-0.15, -0.1) is 0 Å². The summed E-state index contributed by atoms with van der Waals surface area (Å²) in [5, 5.41) is 0.701. The van der Waals surface area contributed by atoms with Crippen molar-refractivity contribution >= 4 is 11.6 Å². The molecule has 0 aromatic heterocycles. The van der Waals surface area contributed by atoms with Crippen molar-refractivity contribution < 1.29 is 4.74 Å². The molecule has 0 aliphatic heterocycles. The first-order chi connectivity index (χ1) is 12.7. The minimum Gasteiger partial charge on any atom is -0.368 e. The predicted octanol–water partition coefficient (Wildman–Crippen LogP) is 5.34. The average molecular weight is 366 g/mol. The lowest BCUT2D eigenvalue weighted by Gasteiger charge is -2.17. The standard InChI is InChI=1S/C23H24ClNO/c24-22-8-4-7-21(15-22)23(16-25)26-17-20-13-11-19(12-14-20)10-9-18-5-2-1-3-6-18/h1-8,11-15,23H,9-10,16-17,25H2/t23-/m0/s1. The lowest BCUT2D eigenvalue weighted by atomic mass is 10.0. The van der Waals surface area contributed by atoms with Gasteiger partial charge in [0.15, 0.2) is 0 Å². The Morgan fingerprint density at radius 2 is 1.42 bits per heavy atom. The van der Waals surface area contributed by atoms with Gasteiger partial charge in [-0.2, -0.15) is 0 Å². The molecule has 0 heterocycles. The molecule has 0 amide bonds. The number of hydrogen-bond donors (Lipinski definition) is 1. The summed E-state index contributed by atoms with van der Waals surface area (Å²) in [6, 6.07) is 26.9. The Morgan fingerprint density at radius 1 is 0.769 bits per heavy atom. The van der Waals surface area contributed by atoms with E-state index >= 15 is 0 Å². The summed E-state index contributed by atoms with van der Waals surface area (Å²) in [6.07, 6.45) is 1.95. The first-order valence-electron chi connectivity index (χ1n) is 8.93. The molecule has 0 spiro atoms. The second-order valence-electron chi connectivity index (χ2n) is 6.39. The van der Waals surface area contributed by atoms with E-state index in [-0.39, 0.29) is 6.10 Å². The van der Waals surface area contributed by atoms with Crippen LogP contribution in [0.1, 0.15) is 28.4 Å². The molecule has 0 radical (unpaired) electrons. The summed E-state index contributed by atoms with van der Waals surface area (Å²) in [5.41, 5.74) is 10.7. The molecule has 3 rings (SSSR count). The molecule has 3 aromatic rings. The number of nitrogens with two attached hydrogens (primary N) is 1. The molecular weight excluding hydrogens is 342 g/mol. The van der Waals surface area contributed by atoms with Gasteiger partial charge in [0.2, 0.25) is 0 Å². The number of hydrogen-bond acceptors (Lipinski definition) is 2. The van der Waals surface area contributed by atoms with Gasteiger partial charge in [0.1, 0.15) is 0 Å². The molecule has 2 nitrogen and oxygen atoms in total. The van der Waals surface area contributed by atoms with Crippen molar-refractivity contribution in [2.24, 2.45) is 5.73 Å². The third-order valence-electron chi connectivity index (χ3n) is 4.45. The van der Waals surface area contributed by atoms with E-state index in [1.54, 1.807) is 0 Å². The van der Waals surface area contributed by atoms with Crippen molar-refractivity contribution in [3.63, 3.8) is 0 Å². The van der Waals surface area contributed by atoms with Crippen LogP contribution in [0, 0.1) is 0 Å². The minimum atomic E-state index is -0.147. The number of benzene rings is 3. The SMILES string of the molecule is NC[C@H](OCc1ccc(CCc2ccccc2)cc1)c1cccc(Cl)c1. The topological polar surface area (TPSA) is 35.2 Å². The molecule has 0 unspecified atom stereocenters. The smallest absolute Gasteiger partial charge is 0.0952 e. The molecule has 1 atom stereocenters. The van der Waals surface area contributed by atoms with Crippen molar-refractivity contribution in [1.29, 1.82) is 0 Å². The number of halogens is 1. The third-order valence-corrected chi connectivity index (χ3v) is 4.69. The van der Waals surface area contributed by atoms with Gasteiger partial charge in [-0.25, -0.2) is 0 Å². The van der Waals surface area contributed by atoms with E-state index in [1.165, 1.54) is 11.1 Å². The van der Waals surface area contributed by atoms with Crippen LogP contribution in [0.25, 0.3) is 0 Å². The number of ether oxygens (including phenoxy) is 1. The van der Waals surface area contributed by atoms with Crippen LogP contribution in [0.2, 0.25) is 5.02 Å². The van der Waals surface area contributed by atoms with Gasteiger partial charge in [0, 0.05) is 11.6 Å². The fraction of sp³-hybridized carbons (Fsp3) is 0.217. The van der Waals surface area contributed by atoms with Crippen molar-refractivity contribution in [1.82, 2.24) is 0 Å².